The predicted octanol–water partition coefficient (Wildman–Crippen LogP) is 4.42. The highest BCUT2D eigenvalue weighted by Gasteiger charge is 2.08. The molecule has 0 fully saturated rings. The van der Waals surface area contributed by atoms with E-state index in [4.69, 9.17) is 0 Å². The van der Waals surface area contributed by atoms with Gasteiger partial charge in [0.05, 0.1) is 0 Å². The van der Waals surface area contributed by atoms with Crippen molar-refractivity contribution in [1.82, 2.24) is 0 Å². The smallest absolute Gasteiger partial charge is 0.0234 e. The summed E-state index contributed by atoms with van der Waals surface area (Å²) in [6.45, 7) is 11.4. The summed E-state index contributed by atoms with van der Waals surface area (Å²) in [7, 11) is 0. The zero-order valence-corrected chi connectivity index (χ0v) is 9.35. The van der Waals surface area contributed by atoms with Crippen molar-refractivity contribution in [2.45, 2.75) is 53.9 Å². The van der Waals surface area contributed by atoms with E-state index >= 15 is 0 Å². The van der Waals surface area contributed by atoms with Gasteiger partial charge in [-0.15, -0.1) is 0 Å². The fourth-order valence-electron chi connectivity index (χ4n) is 1.41. The lowest BCUT2D eigenvalue weighted by Gasteiger charge is -2.17. The molecule has 0 heterocycles. The van der Waals surface area contributed by atoms with Gasteiger partial charge in [0.15, 0.2) is 0 Å². The molecule has 72 valence electrons. The van der Waals surface area contributed by atoms with E-state index in [0.717, 1.165) is 11.8 Å². The second-order valence-corrected chi connectivity index (χ2v) is 3.89. The minimum absolute atomic E-state index is 0.781. The summed E-state index contributed by atoms with van der Waals surface area (Å²) < 4.78 is 0. The largest absolute Gasteiger partial charge is 0.0882 e. The molecule has 0 aliphatic rings. The lowest BCUT2D eigenvalue weighted by atomic mass is 9.89. The zero-order chi connectivity index (χ0) is 9.56. The van der Waals surface area contributed by atoms with Gasteiger partial charge in [0.2, 0.25) is 0 Å². The van der Waals surface area contributed by atoms with Crippen LogP contribution in [0, 0.1) is 11.8 Å². The molecule has 0 amide bonds. The molecule has 0 spiro atoms. The Balaban J connectivity index is 4.01. The van der Waals surface area contributed by atoms with Crippen molar-refractivity contribution in [2.24, 2.45) is 11.8 Å². The van der Waals surface area contributed by atoms with Crippen LogP contribution in [-0.4, -0.2) is 0 Å². The summed E-state index contributed by atoms with van der Waals surface area (Å²) in [6.07, 6.45) is 6.17. The maximum atomic E-state index is 2.34. The maximum absolute atomic E-state index is 2.34. The van der Waals surface area contributed by atoms with Crippen LogP contribution in [0.15, 0.2) is 11.6 Å². The molecule has 0 aromatic heterocycles. The van der Waals surface area contributed by atoms with Crippen molar-refractivity contribution >= 4 is 0 Å². The third kappa shape index (κ3) is 3.94. The first-order chi connectivity index (χ1) is 5.65. The average Bonchev–Trinajstić information content (AvgIpc) is 2.12. The monoisotopic (exact) mass is 168 g/mol. The number of hydrogen-bond acceptors (Lipinski definition) is 0. The van der Waals surface area contributed by atoms with Crippen LogP contribution in [0.5, 0.6) is 0 Å². The van der Waals surface area contributed by atoms with Crippen LogP contribution >= 0.6 is 0 Å². The third-order valence-corrected chi connectivity index (χ3v) is 2.90. The molecule has 12 heavy (non-hydrogen) atoms. The lowest BCUT2D eigenvalue weighted by molar-refractivity contribution is 0.508. The van der Waals surface area contributed by atoms with Crippen molar-refractivity contribution < 1.29 is 0 Å². The van der Waals surface area contributed by atoms with Crippen LogP contribution in [0.4, 0.5) is 0 Å². The fraction of sp³-hybridized carbons (Fsp3) is 0.833. The van der Waals surface area contributed by atoms with E-state index in [0.29, 0.717) is 0 Å². The van der Waals surface area contributed by atoms with Crippen molar-refractivity contribution in [3.8, 4) is 0 Å². The Morgan fingerprint density at radius 1 is 1.17 bits per heavy atom. The molecule has 0 aliphatic carbocycles. The lowest BCUT2D eigenvalue weighted by Crippen LogP contribution is -2.02. The molecule has 0 saturated heterocycles. The van der Waals surface area contributed by atoms with E-state index in [2.05, 4.69) is 40.7 Å². The first kappa shape index (κ1) is 11.7. The topological polar surface area (TPSA) is 0 Å². The maximum Gasteiger partial charge on any atom is -0.0234 e. The van der Waals surface area contributed by atoms with Crippen LogP contribution in [0.2, 0.25) is 0 Å². The van der Waals surface area contributed by atoms with Crippen LogP contribution in [0.25, 0.3) is 0 Å². The molecule has 0 rings (SSSR count). The van der Waals surface area contributed by atoms with Crippen molar-refractivity contribution in [2.75, 3.05) is 0 Å². The van der Waals surface area contributed by atoms with Crippen LogP contribution < -0.4 is 0 Å². The van der Waals surface area contributed by atoms with Gasteiger partial charge < -0.3 is 0 Å². The standard InChI is InChI=1S/C12H24/c1-6-10(4)9-12(8-3)11(5)7-2/h8,10-11H,6-7,9H2,1-5H3. The Morgan fingerprint density at radius 2 is 1.75 bits per heavy atom. The summed E-state index contributed by atoms with van der Waals surface area (Å²) in [5, 5.41) is 0. The Labute approximate surface area is 78.1 Å². The van der Waals surface area contributed by atoms with E-state index in [-0.39, 0.29) is 0 Å². The molecule has 0 aromatic carbocycles. The molecular weight excluding hydrogens is 144 g/mol. The van der Waals surface area contributed by atoms with Crippen molar-refractivity contribution in [3.63, 3.8) is 0 Å². The Morgan fingerprint density at radius 3 is 2.08 bits per heavy atom. The molecule has 0 heteroatoms. The van der Waals surface area contributed by atoms with Gasteiger partial charge in [-0.05, 0) is 31.6 Å². The van der Waals surface area contributed by atoms with Crippen LogP contribution in [-0.2, 0) is 0 Å². The second-order valence-electron chi connectivity index (χ2n) is 3.89. The van der Waals surface area contributed by atoms with Gasteiger partial charge in [0.25, 0.3) is 0 Å². The zero-order valence-electron chi connectivity index (χ0n) is 9.35. The summed E-state index contributed by atoms with van der Waals surface area (Å²) in [4.78, 5) is 0. The molecule has 2 atom stereocenters. The van der Waals surface area contributed by atoms with Gasteiger partial charge in [0, 0.05) is 0 Å². The van der Waals surface area contributed by atoms with E-state index in [1.165, 1.54) is 19.3 Å². The van der Waals surface area contributed by atoms with E-state index in [9.17, 15) is 0 Å². The highest BCUT2D eigenvalue weighted by molar-refractivity contribution is 5.04. The van der Waals surface area contributed by atoms with Gasteiger partial charge in [-0.25, -0.2) is 0 Å². The van der Waals surface area contributed by atoms with Crippen molar-refractivity contribution in [1.29, 1.82) is 0 Å². The summed E-state index contributed by atoms with van der Waals surface area (Å²) in [5.41, 5.74) is 1.65. The SMILES string of the molecule is CC=C(CC(C)CC)C(C)CC. The Bertz CT molecular complexity index is 133. The molecule has 0 aliphatic heterocycles. The number of hydrogen-bond donors (Lipinski definition) is 0. The van der Waals surface area contributed by atoms with Crippen LogP contribution in [0.1, 0.15) is 53.9 Å². The molecule has 0 saturated carbocycles. The number of rotatable bonds is 5. The summed E-state index contributed by atoms with van der Waals surface area (Å²) in [6, 6.07) is 0. The minimum atomic E-state index is 0.781. The van der Waals surface area contributed by atoms with Gasteiger partial charge in [-0.2, -0.15) is 0 Å². The van der Waals surface area contributed by atoms with Crippen molar-refractivity contribution in [3.05, 3.63) is 11.6 Å². The molecule has 0 nitrogen and oxygen atoms in total. The van der Waals surface area contributed by atoms with Gasteiger partial charge in [-0.3, -0.25) is 0 Å². The minimum Gasteiger partial charge on any atom is -0.0882 e. The fourth-order valence-corrected chi connectivity index (χ4v) is 1.41. The highest BCUT2D eigenvalue weighted by Crippen LogP contribution is 2.23. The predicted molar refractivity (Wildman–Crippen MR) is 57.3 cm³/mol. The molecule has 2 unspecified atom stereocenters. The van der Waals surface area contributed by atoms with E-state index in [1.54, 1.807) is 5.57 Å². The summed E-state index contributed by atoms with van der Waals surface area (Å²) in [5.74, 6) is 1.63. The first-order valence-corrected chi connectivity index (χ1v) is 5.30. The highest BCUT2D eigenvalue weighted by atomic mass is 14.1. The third-order valence-electron chi connectivity index (χ3n) is 2.90. The van der Waals surface area contributed by atoms with E-state index in [1.807, 2.05) is 0 Å². The average molecular weight is 168 g/mol. The molecule has 0 radical (unpaired) electrons. The van der Waals surface area contributed by atoms with Gasteiger partial charge >= 0.3 is 0 Å². The van der Waals surface area contributed by atoms with E-state index < -0.39 is 0 Å². The van der Waals surface area contributed by atoms with Gasteiger partial charge in [-0.1, -0.05) is 45.8 Å². The molecule has 0 aromatic rings. The molecule has 0 N–H and O–H groups in total. The molecular formula is C12H24. The van der Waals surface area contributed by atoms with Gasteiger partial charge in [0.1, 0.15) is 0 Å². The first-order valence-electron chi connectivity index (χ1n) is 5.30. The van der Waals surface area contributed by atoms with Crippen LogP contribution in [0.3, 0.4) is 0 Å². The Kier molecular flexibility index (Phi) is 6.14. The quantitative estimate of drug-likeness (QED) is 0.533. The Hall–Kier alpha value is -0.260. The second kappa shape index (κ2) is 6.28. The molecule has 0 bridgehead atoms. The summed E-state index contributed by atoms with van der Waals surface area (Å²) >= 11 is 0. The normalized spacial score (nSPS) is 17.6. The number of allylic oxidation sites excluding steroid dienone is 2.